The monoisotopic (exact) mass is 221 g/mol. The van der Waals surface area contributed by atoms with Gasteiger partial charge in [0.15, 0.2) is 0 Å². The molecular weight excluding hydrogens is 202 g/mol. The van der Waals surface area contributed by atoms with Gasteiger partial charge in [-0.3, -0.25) is 0 Å². The van der Waals surface area contributed by atoms with Crippen LogP contribution in [0.5, 0.6) is 0 Å². The highest BCUT2D eigenvalue weighted by molar-refractivity contribution is 5.51. The van der Waals surface area contributed by atoms with Gasteiger partial charge in [0, 0.05) is 37.1 Å². The molecule has 0 unspecified atom stereocenters. The third-order valence-corrected chi connectivity index (χ3v) is 3.14. The van der Waals surface area contributed by atoms with E-state index in [9.17, 15) is 0 Å². The van der Waals surface area contributed by atoms with Crippen molar-refractivity contribution in [3.63, 3.8) is 0 Å². The maximum absolute atomic E-state index is 8.92. The number of anilines is 2. The Kier molecular flexibility index (Phi) is 3.62. The molecule has 1 aliphatic carbocycles. The lowest BCUT2D eigenvalue weighted by atomic mass is 9.91. The summed E-state index contributed by atoms with van der Waals surface area (Å²) in [6, 6.07) is 4.30. The van der Waals surface area contributed by atoms with Crippen molar-refractivity contribution in [1.29, 1.82) is 0 Å². The average Bonchev–Trinajstić information content (AvgIpc) is 2.21. The molecule has 1 saturated carbocycles. The highest BCUT2D eigenvalue weighted by atomic mass is 16.3. The molecule has 1 aromatic heterocycles. The Balaban J connectivity index is 2.10. The summed E-state index contributed by atoms with van der Waals surface area (Å²) in [4.78, 5) is 6.63. The van der Waals surface area contributed by atoms with Crippen molar-refractivity contribution in [1.82, 2.24) is 4.98 Å². The van der Waals surface area contributed by atoms with Crippen LogP contribution in [0.4, 0.5) is 11.5 Å². The van der Waals surface area contributed by atoms with E-state index in [-0.39, 0.29) is 6.61 Å². The van der Waals surface area contributed by atoms with Crippen molar-refractivity contribution in [3.8, 4) is 0 Å². The van der Waals surface area contributed by atoms with Gasteiger partial charge in [-0.15, -0.1) is 0 Å². The second-order valence-electron chi connectivity index (χ2n) is 4.30. The lowest BCUT2D eigenvalue weighted by molar-refractivity contribution is 0.282. The third kappa shape index (κ3) is 2.44. The molecule has 0 spiro atoms. The molecule has 0 aromatic carbocycles. The molecule has 0 aliphatic heterocycles. The summed E-state index contributed by atoms with van der Waals surface area (Å²) in [5, 5.41) is 8.92. The van der Waals surface area contributed by atoms with Gasteiger partial charge < -0.3 is 15.7 Å². The first-order valence-electron chi connectivity index (χ1n) is 5.90. The van der Waals surface area contributed by atoms with Gasteiger partial charge >= 0.3 is 0 Å². The first kappa shape index (κ1) is 11.2. The number of pyridine rings is 1. The van der Waals surface area contributed by atoms with Gasteiger partial charge in [0.05, 0.1) is 0 Å². The highest BCUT2D eigenvalue weighted by Gasteiger charge is 2.25. The summed E-state index contributed by atoms with van der Waals surface area (Å²) in [7, 11) is 0. The van der Waals surface area contributed by atoms with E-state index in [2.05, 4.69) is 9.88 Å². The lowest BCUT2D eigenvalue weighted by Gasteiger charge is -2.38. The van der Waals surface area contributed by atoms with E-state index in [1.165, 1.54) is 19.3 Å². The number of nitrogens with two attached hydrogens (primary N) is 1. The summed E-state index contributed by atoms with van der Waals surface area (Å²) in [6.07, 6.45) is 6.27. The van der Waals surface area contributed by atoms with Crippen LogP contribution in [0, 0.1) is 0 Å². The quantitative estimate of drug-likeness (QED) is 0.789. The Labute approximate surface area is 96.1 Å². The molecular formula is C12H19N3O. The van der Waals surface area contributed by atoms with Gasteiger partial charge in [0.2, 0.25) is 0 Å². The van der Waals surface area contributed by atoms with E-state index in [4.69, 9.17) is 10.8 Å². The first-order valence-corrected chi connectivity index (χ1v) is 5.90. The van der Waals surface area contributed by atoms with E-state index >= 15 is 0 Å². The molecule has 88 valence electrons. The van der Waals surface area contributed by atoms with Crippen molar-refractivity contribution in [3.05, 3.63) is 18.3 Å². The molecule has 0 radical (unpaired) electrons. The molecule has 4 nitrogen and oxygen atoms in total. The molecule has 0 amide bonds. The van der Waals surface area contributed by atoms with E-state index in [1.807, 2.05) is 6.07 Å². The molecule has 0 atom stereocenters. The average molecular weight is 221 g/mol. The predicted octanol–water partition coefficient (Wildman–Crippen LogP) is 1.41. The number of aliphatic hydroxyl groups excluding tert-OH is 1. The Hall–Kier alpha value is -1.29. The smallest absolute Gasteiger partial charge is 0.130 e. The Morgan fingerprint density at radius 2 is 2.31 bits per heavy atom. The van der Waals surface area contributed by atoms with Crippen LogP contribution in [-0.4, -0.2) is 29.3 Å². The van der Waals surface area contributed by atoms with Crippen LogP contribution in [0.3, 0.4) is 0 Å². The zero-order valence-corrected chi connectivity index (χ0v) is 9.47. The Bertz CT molecular complexity index is 339. The van der Waals surface area contributed by atoms with Gasteiger partial charge in [0.1, 0.15) is 5.82 Å². The minimum atomic E-state index is 0.228. The maximum Gasteiger partial charge on any atom is 0.130 e. The van der Waals surface area contributed by atoms with Gasteiger partial charge in [-0.25, -0.2) is 4.98 Å². The van der Waals surface area contributed by atoms with Crippen molar-refractivity contribution >= 4 is 11.5 Å². The molecule has 4 heteroatoms. The number of aromatic nitrogens is 1. The molecule has 1 aliphatic rings. The summed E-state index contributed by atoms with van der Waals surface area (Å²) in [5.74, 6) is 0.943. The number of hydrogen-bond donors (Lipinski definition) is 2. The fourth-order valence-corrected chi connectivity index (χ4v) is 2.01. The maximum atomic E-state index is 8.92. The standard InChI is InChI=1S/C12H19N3O/c13-10-5-6-14-12(9-10)15(7-2-8-16)11-3-1-4-11/h5-6,9,11,16H,1-4,7-8H2,(H2,13,14). The van der Waals surface area contributed by atoms with E-state index < -0.39 is 0 Å². The molecule has 16 heavy (non-hydrogen) atoms. The number of rotatable bonds is 5. The zero-order valence-electron chi connectivity index (χ0n) is 9.47. The van der Waals surface area contributed by atoms with Crippen LogP contribution in [0.2, 0.25) is 0 Å². The Morgan fingerprint density at radius 3 is 2.88 bits per heavy atom. The third-order valence-electron chi connectivity index (χ3n) is 3.14. The van der Waals surface area contributed by atoms with Crippen LogP contribution in [0.15, 0.2) is 18.3 Å². The molecule has 3 N–H and O–H groups in total. The summed E-state index contributed by atoms with van der Waals surface area (Å²) in [6.45, 7) is 1.09. The molecule has 2 rings (SSSR count). The van der Waals surface area contributed by atoms with Crippen molar-refractivity contribution in [2.75, 3.05) is 23.8 Å². The fourth-order valence-electron chi connectivity index (χ4n) is 2.01. The summed E-state index contributed by atoms with van der Waals surface area (Å²) in [5.41, 5.74) is 6.52. The summed E-state index contributed by atoms with van der Waals surface area (Å²) >= 11 is 0. The molecule has 1 fully saturated rings. The van der Waals surface area contributed by atoms with Crippen molar-refractivity contribution in [2.24, 2.45) is 0 Å². The second-order valence-corrected chi connectivity index (χ2v) is 4.30. The van der Waals surface area contributed by atoms with Gasteiger partial charge in [0.25, 0.3) is 0 Å². The van der Waals surface area contributed by atoms with Crippen LogP contribution in [0.1, 0.15) is 25.7 Å². The topological polar surface area (TPSA) is 62.4 Å². The van der Waals surface area contributed by atoms with Crippen LogP contribution < -0.4 is 10.6 Å². The van der Waals surface area contributed by atoms with Gasteiger partial charge in [-0.1, -0.05) is 0 Å². The van der Waals surface area contributed by atoms with Crippen LogP contribution in [-0.2, 0) is 0 Å². The van der Waals surface area contributed by atoms with Crippen LogP contribution >= 0.6 is 0 Å². The SMILES string of the molecule is Nc1ccnc(N(CCCO)C2CCC2)c1. The van der Waals surface area contributed by atoms with Gasteiger partial charge in [-0.05, 0) is 31.7 Å². The van der Waals surface area contributed by atoms with E-state index in [0.29, 0.717) is 6.04 Å². The van der Waals surface area contributed by atoms with Crippen LogP contribution in [0.25, 0.3) is 0 Å². The molecule has 1 heterocycles. The highest BCUT2D eigenvalue weighted by Crippen LogP contribution is 2.29. The first-order chi connectivity index (χ1) is 7.81. The minimum Gasteiger partial charge on any atom is -0.399 e. The van der Waals surface area contributed by atoms with E-state index in [0.717, 1.165) is 24.5 Å². The zero-order chi connectivity index (χ0) is 11.4. The molecule has 0 bridgehead atoms. The van der Waals surface area contributed by atoms with Crippen molar-refractivity contribution < 1.29 is 5.11 Å². The van der Waals surface area contributed by atoms with Gasteiger partial charge in [-0.2, -0.15) is 0 Å². The number of nitrogen functional groups attached to an aromatic ring is 1. The lowest BCUT2D eigenvalue weighted by Crippen LogP contribution is -2.41. The predicted molar refractivity (Wildman–Crippen MR) is 65.3 cm³/mol. The normalized spacial score (nSPS) is 15.8. The molecule has 0 saturated heterocycles. The summed E-state index contributed by atoms with van der Waals surface area (Å²) < 4.78 is 0. The van der Waals surface area contributed by atoms with Crippen molar-refractivity contribution in [2.45, 2.75) is 31.7 Å². The number of aliphatic hydroxyl groups is 1. The second kappa shape index (κ2) is 5.16. The number of nitrogens with zero attached hydrogens (tertiary/aromatic N) is 2. The Morgan fingerprint density at radius 1 is 1.50 bits per heavy atom. The fraction of sp³-hybridized carbons (Fsp3) is 0.583. The number of hydrogen-bond acceptors (Lipinski definition) is 4. The largest absolute Gasteiger partial charge is 0.399 e. The minimum absolute atomic E-state index is 0.228. The van der Waals surface area contributed by atoms with E-state index in [1.54, 1.807) is 12.3 Å². The molecule has 1 aromatic rings.